The smallest absolute Gasteiger partial charge is 0.280 e. The predicted octanol–water partition coefficient (Wildman–Crippen LogP) is 2.45. The van der Waals surface area contributed by atoms with E-state index in [4.69, 9.17) is 21.0 Å². The van der Waals surface area contributed by atoms with Crippen molar-refractivity contribution in [1.82, 2.24) is 19.7 Å². The Morgan fingerprint density at radius 1 is 1.24 bits per heavy atom. The third-order valence-electron chi connectivity index (χ3n) is 7.24. The minimum atomic E-state index is -0.380. The first-order chi connectivity index (χ1) is 19.6. The molecule has 1 atom stereocenters. The van der Waals surface area contributed by atoms with Gasteiger partial charge in [-0.25, -0.2) is 0 Å². The van der Waals surface area contributed by atoms with Crippen LogP contribution < -0.4 is 11.1 Å². The number of nitrogens with two attached hydrogens (primary N) is 2. The number of fused-ring (bicyclic) bond motifs is 1. The molecule has 1 saturated heterocycles. The minimum Gasteiger partial charge on any atom is -0.415 e. The fourth-order valence-electron chi connectivity index (χ4n) is 5.04. The number of morpholine rings is 1. The number of hydrogen-bond donors (Lipinski definition) is 3. The van der Waals surface area contributed by atoms with Crippen LogP contribution in [-0.2, 0) is 20.4 Å². The number of H-pyrrole nitrogens is 1. The topological polar surface area (TPSA) is 130 Å². The van der Waals surface area contributed by atoms with Crippen LogP contribution in [0.3, 0.4) is 0 Å². The highest BCUT2D eigenvalue weighted by Crippen LogP contribution is 2.34. The number of nitrogens with zero attached hydrogens (tertiary/aromatic N) is 4. The second-order valence-electron chi connectivity index (χ2n) is 11.4. The van der Waals surface area contributed by atoms with E-state index in [9.17, 15) is 4.79 Å². The summed E-state index contributed by atoms with van der Waals surface area (Å²) in [6.07, 6.45) is 3.10. The number of rotatable bonds is 8. The normalized spacial score (nSPS) is 16.8. The van der Waals surface area contributed by atoms with Crippen LogP contribution >= 0.6 is 0 Å². The van der Waals surface area contributed by atoms with Crippen LogP contribution in [0.1, 0.15) is 43.8 Å². The number of aromatic nitrogens is 3. The fourth-order valence-corrected chi connectivity index (χ4v) is 5.04. The lowest BCUT2D eigenvalue weighted by atomic mass is 10.0. The van der Waals surface area contributed by atoms with E-state index in [0.29, 0.717) is 31.9 Å². The molecule has 10 heteroatoms. The molecule has 1 fully saturated rings. The Morgan fingerprint density at radius 3 is 2.76 bits per heavy atom. The third kappa shape index (κ3) is 6.55. The van der Waals surface area contributed by atoms with E-state index >= 15 is 0 Å². The molecule has 10 nitrogen and oxygen atoms in total. The largest absolute Gasteiger partial charge is 0.415 e. The highest BCUT2D eigenvalue weighted by atomic mass is 16.7. The Kier molecular flexibility index (Phi) is 8.05. The highest BCUT2D eigenvalue weighted by molar-refractivity contribution is 6.05. The van der Waals surface area contributed by atoms with Crippen molar-refractivity contribution >= 4 is 29.0 Å². The molecule has 3 heterocycles. The van der Waals surface area contributed by atoms with E-state index in [0.717, 1.165) is 27.7 Å². The lowest BCUT2D eigenvalue weighted by Crippen LogP contribution is -2.47. The van der Waals surface area contributed by atoms with Crippen molar-refractivity contribution in [3.63, 3.8) is 0 Å². The molecule has 2 aromatic carbocycles. The predicted molar refractivity (Wildman–Crippen MR) is 161 cm³/mol. The first-order valence-electron chi connectivity index (χ1n) is 13.8. The van der Waals surface area contributed by atoms with Gasteiger partial charge in [-0.05, 0) is 49.0 Å². The summed E-state index contributed by atoms with van der Waals surface area (Å²) >= 11 is 0. The summed E-state index contributed by atoms with van der Waals surface area (Å²) in [6, 6.07) is 18.5. The fraction of sp³-hybridized carbons (Fsp3) is 0.355. The lowest BCUT2D eigenvalue weighted by molar-refractivity contribution is -0.204. The zero-order chi connectivity index (χ0) is 29.1. The summed E-state index contributed by atoms with van der Waals surface area (Å²) in [4.78, 5) is 22.4. The maximum absolute atomic E-state index is 13.0. The molecule has 0 saturated carbocycles. The van der Waals surface area contributed by atoms with E-state index in [-0.39, 0.29) is 30.1 Å². The number of carbonyl (C=O) groups is 1. The van der Waals surface area contributed by atoms with Crippen LogP contribution in [0.25, 0.3) is 22.0 Å². The number of nitrogens with one attached hydrogen (secondary N) is 1. The van der Waals surface area contributed by atoms with Crippen molar-refractivity contribution in [1.29, 1.82) is 0 Å². The summed E-state index contributed by atoms with van der Waals surface area (Å²) in [5.74, 6) is 0.249. The quantitative estimate of drug-likeness (QED) is 0.175. The van der Waals surface area contributed by atoms with Crippen LogP contribution in [0.2, 0.25) is 0 Å². The number of aliphatic imine (C=N–C) groups is 1. The van der Waals surface area contributed by atoms with Gasteiger partial charge in [0, 0.05) is 17.1 Å². The van der Waals surface area contributed by atoms with Gasteiger partial charge in [-0.2, -0.15) is 5.10 Å². The molecule has 0 bridgehead atoms. The highest BCUT2D eigenvalue weighted by Gasteiger charge is 2.36. The van der Waals surface area contributed by atoms with Gasteiger partial charge >= 0.3 is 0 Å². The van der Waals surface area contributed by atoms with Crippen molar-refractivity contribution in [3.05, 3.63) is 77.7 Å². The Morgan fingerprint density at radius 2 is 2.02 bits per heavy atom. The number of amidine groups is 1. The summed E-state index contributed by atoms with van der Waals surface area (Å²) < 4.78 is 10.9. The number of hydrogen-bond acceptors (Lipinski definition) is 3. The molecule has 5 rings (SSSR count). The van der Waals surface area contributed by atoms with E-state index in [1.807, 2.05) is 55.7 Å². The number of benzene rings is 2. The summed E-state index contributed by atoms with van der Waals surface area (Å²) in [6.45, 7) is 8.34. The van der Waals surface area contributed by atoms with Crippen LogP contribution in [0, 0.1) is 0 Å². The molecule has 4 aromatic rings. The van der Waals surface area contributed by atoms with Gasteiger partial charge in [-0.3, -0.25) is 14.9 Å². The number of aromatic amines is 1. The van der Waals surface area contributed by atoms with E-state index < -0.39 is 0 Å². The van der Waals surface area contributed by atoms with Gasteiger partial charge in [0.2, 0.25) is 12.0 Å². The van der Waals surface area contributed by atoms with Gasteiger partial charge in [0.15, 0.2) is 6.61 Å². The molecular weight excluding hydrogens is 518 g/mol. The first kappa shape index (κ1) is 28.3. The van der Waals surface area contributed by atoms with Gasteiger partial charge in [-0.1, -0.05) is 42.5 Å². The molecule has 1 aliphatic rings. The summed E-state index contributed by atoms with van der Waals surface area (Å²) in [7, 11) is 1.98. The van der Waals surface area contributed by atoms with Gasteiger partial charge in [-0.15, -0.1) is 0 Å². The second kappa shape index (κ2) is 11.7. The number of ether oxygens (including phenoxy) is 1. The monoisotopic (exact) mass is 557 g/mol. The van der Waals surface area contributed by atoms with Crippen molar-refractivity contribution in [2.45, 2.75) is 39.0 Å². The molecule has 2 aromatic heterocycles. The Hall–Kier alpha value is -4.28. The van der Waals surface area contributed by atoms with E-state index in [1.165, 1.54) is 11.9 Å². The van der Waals surface area contributed by atoms with Crippen molar-refractivity contribution in [2.24, 2.45) is 10.7 Å². The Bertz CT molecular complexity index is 1570. The number of amides is 1. The van der Waals surface area contributed by atoms with Crippen molar-refractivity contribution in [3.8, 4) is 11.1 Å². The third-order valence-corrected chi connectivity index (χ3v) is 7.24. The standard InChI is InChI=1S/C31H38N7O3/c1-31(2,3)40-19-28(39)37-12-13-41(4)27(18-37)26-15-24(29(35-26)30(33)34-20-32)22-10-11-23-17-38(36-25(23)14-22)16-21-8-6-5-7-9-21/h5-11,14-15,17,20,27,35H,12-13,16,18-19H2,1-4H3,(H3,32,33,34)/q+1/p+1. The molecule has 41 heavy (non-hydrogen) atoms. The molecular formula is C31H39N7O3+2. The average Bonchev–Trinajstić information content (AvgIpc) is 3.56. The second-order valence-corrected chi connectivity index (χ2v) is 11.4. The molecule has 0 aliphatic carbocycles. The first-order valence-corrected chi connectivity index (χ1v) is 13.8. The van der Waals surface area contributed by atoms with Crippen LogP contribution in [-0.4, -0.2) is 76.8 Å². The lowest BCUT2D eigenvalue weighted by Gasteiger charge is -2.36. The molecule has 0 radical (unpaired) electrons. The van der Waals surface area contributed by atoms with E-state index in [2.05, 4.69) is 56.9 Å². The zero-order valence-corrected chi connectivity index (χ0v) is 24.1. The number of carbonyl (C=O) groups excluding carboxylic acids is 1. The van der Waals surface area contributed by atoms with Crippen LogP contribution in [0.4, 0.5) is 0 Å². The average molecular weight is 558 g/mol. The van der Waals surface area contributed by atoms with E-state index in [1.54, 1.807) is 0 Å². The van der Waals surface area contributed by atoms with Crippen LogP contribution in [0.15, 0.2) is 65.8 Å². The maximum Gasteiger partial charge on any atom is 0.280 e. The van der Waals surface area contributed by atoms with Gasteiger partial charge < -0.3 is 24.7 Å². The van der Waals surface area contributed by atoms with Crippen LogP contribution in [0.5, 0.6) is 0 Å². The van der Waals surface area contributed by atoms with Gasteiger partial charge in [0.1, 0.15) is 19.4 Å². The Labute approximate surface area is 240 Å². The summed E-state index contributed by atoms with van der Waals surface area (Å²) in [5, 5.41) is 11.5. The Balaban J connectivity index is 1.45. The minimum absolute atomic E-state index is 0.0269. The van der Waals surface area contributed by atoms with Gasteiger partial charge in [0.25, 0.3) is 12.2 Å². The van der Waals surface area contributed by atoms with Crippen molar-refractivity contribution < 1.29 is 19.3 Å². The molecule has 1 unspecified atom stereocenters. The molecule has 214 valence electrons. The molecule has 1 amide bonds. The zero-order valence-electron chi connectivity index (χ0n) is 24.1. The molecule has 5 N–H and O–H groups in total. The molecule has 1 aliphatic heterocycles. The maximum atomic E-state index is 13.0. The SMILES string of the molecule is C[O+]1CCN(C(=O)COC(C)(C)C)CC1c1cc(-c2ccc3cn(Cc4ccccc4)nc3c2)c(C(N)=NC=[NH2+])[nH]1. The molecule has 0 spiro atoms. The van der Waals surface area contributed by atoms with Gasteiger partial charge in [0.05, 0.1) is 36.4 Å². The van der Waals surface area contributed by atoms with Crippen molar-refractivity contribution in [2.75, 3.05) is 33.4 Å². The summed E-state index contributed by atoms with van der Waals surface area (Å²) in [5.41, 5.74) is 11.5.